The third kappa shape index (κ3) is 4.75. The summed E-state index contributed by atoms with van der Waals surface area (Å²) in [5.74, 6) is -0.131. The predicted molar refractivity (Wildman–Crippen MR) is 67.1 cm³/mol. The van der Waals surface area contributed by atoms with Gasteiger partial charge in [-0.25, -0.2) is 4.39 Å². The Hall–Kier alpha value is -0.890. The molecule has 1 unspecified atom stereocenters. The first-order chi connectivity index (χ1) is 7.76. The lowest BCUT2D eigenvalue weighted by Crippen LogP contribution is -2.29. The minimum Gasteiger partial charge on any atom is -0.314 e. The topological polar surface area (TPSA) is 12.0 Å². The lowest BCUT2D eigenvalue weighted by atomic mass is 10.0. The number of hydrogen-bond acceptors (Lipinski definition) is 1. The van der Waals surface area contributed by atoms with Crippen LogP contribution in [0.4, 0.5) is 4.39 Å². The number of rotatable bonds is 7. The molecule has 0 aliphatic carbocycles. The van der Waals surface area contributed by atoms with Gasteiger partial charge in [0.05, 0.1) is 0 Å². The molecule has 1 rings (SSSR count). The van der Waals surface area contributed by atoms with Crippen LogP contribution in [0.25, 0.3) is 0 Å². The monoisotopic (exact) mass is 223 g/mol. The Morgan fingerprint density at radius 2 is 2.06 bits per heavy atom. The zero-order valence-electron chi connectivity index (χ0n) is 10.3. The molecule has 16 heavy (non-hydrogen) atoms. The van der Waals surface area contributed by atoms with Crippen LogP contribution in [-0.2, 0) is 6.42 Å². The molecule has 0 saturated heterocycles. The first-order valence-corrected chi connectivity index (χ1v) is 6.24. The molecule has 1 N–H and O–H groups in total. The van der Waals surface area contributed by atoms with Gasteiger partial charge in [-0.05, 0) is 43.5 Å². The maximum Gasteiger partial charge on any atom is 0.123 e. The lowest BCUT2D eigenvalue weighted by Gasteiger charge is -2.16. The van der Waals surface area contributed by atoms with Crippen LogP contribution < -0.4 is 5.32 Å². The molecule has 0 spiro atoms. The number of halogens is 1. The summed E-state index contributed by atoms with van der Waals surface area (Å²) in [6.45, 7) is 5.34. The number of nitrogens with one attached hydrogen (secondary N) is 1. The van der Waals surface area contributed by atoms with E-state index < -0.39 is 0 Å². The van der Waals surface area contributed by atoms with E-state index in [0.29, 0.717) is 6.04 Å². The van der Waals surface area contributed by atoms with E-state index in [2.05, 4.69) is 19.2 Å². The molecule has 1 atom stereocenters. The van der Waals surface area contributed by atoms with E-state index in [-0.39, 0.29) is 5.82 Å². The average molecular weight is 223 g/mol. The van der Waals surface area contributed by atoms with Crippen molar-refractivity contribution in [1.82, 2.24) is 5.32 Å². The van der Waals surface area contributed by atoms with E-state index in [1.54, 1.807) is 12.1 Å². The second-order valence-corrected chi connectivity index (χ2v) is 4.21. The Labute approximate surface area is 98.1 Å². The number of hydrogen-bond donors (Lipinski definition) is 1. The maximum atomic E-state index is 13.0. The van der Waals surface area contributed by atoms with Crippen molar-refractivity contribution in [2.45, 2.75) is 45.6 Å². The van der Waals surface area contributed by atoms with Crippen molar-refractivity contribution in [3.8, 4) is 0 Å². The molecule has 0 aliphatic heterocycles. The van der Waals surface area contributed by atoms with E-state index in [0.717, 1.165) is 24.9 Å². The van der Waals surface area contributed by atoms with Crippen molar-refractivity contribution in [2.75, 3.05) is 6.54 Å². The van der Waals surface area contributed by atoms with E-state index >= 15 is 0 Å². The summed E-state index contributed by atoms with van der Waals surface area (Å²) in [4.78, 5) is 0. The Morgan fingerprint density at radius 1 is 1.25 bits per heavy atom. The molecule has 0 radical (unpaired) electrons. The molecule has 0 saturated carbocycles. The van der Waals surface area contributed by atoms with Gasteiger partial charge in [0.1, 0.15) is 5.82 Å². The van der Waals surface area contributed by atoms with Crippen LogP contribution in [0, 0.1) is 5.82 Å². The molecule has 0 amide bonds. The fourth-order valence-electron chi connectivity index (χ4n) is 2.02. The SMILES string of the molecule is CCCC(CCc1cccc(F)c1)NCC. The van der Waals surface area contributed by atoms with Gasteiger partial charge in [-0.2, -0.15) is 0 Å². The predicted octanol–water partition coefficient (Wildman–Crippen LogP) is 3.54. The van der Waals surface area contributed by atoms with Gasteiger partial charge in [-0.3, -0.25) is 0 Å². The van der Waals surface area contributed by atoms with E-state index in [1.165, 1.54) is 18.9 Å². The van der Waals surface area contributed by atoms with Crippen molar-refractivity contribution in [1.29, 1.82) is 0 Å². The van der Waals surface area contributed by atoms with Crippen molar-refractivity contribution >= 4 is 0 Å². The van der Waals surface area contributed by atoms with E-state index in [9.17, 15) is 4.39 Å². The van der Waals surface area contributed by atoms with Crippen LogP contribution in [-0.4, -0.2) is 12.6 Å². The van der Waals surface area contributed by atoms with E-state index in [4.69, 9.17) is 0 Å². The normalized spacial score (nSPS) is 12.7. The van der Waals surface area contributed by atoms with Crippen LogP contribution in [0.1, 0.15) is 38.7 Å². The Morgan fingerprint density at radius 3 is 2.69 bits per heavy atom. The molecular weight excluding hydrogens is 201 g/mol. The average Bonchev–Trinajstić information content (AvgIpc) is 2.27. The highest BCUT2D eigenvalue weighted by Crippen LogP contribution is 2.10. The molecule has 1 aromatic rings. The fourth-order valence-corrected chi connectivity index (χ4v) is 2.02. The van der Waals surface area contributed by atoms with E-state index in [1.807, 2.05) is 6.07 Å². The quantitative estimate of drug-likeness (QED) is 0.745. The van der Waals surface area contributed by atoms with Crippen molar-refractivity contribution < 1.29 is 4.39 Å². The summed E-state index contributed by atoms with van der Waals surface area (Å²) in [6, 6.07) is 7.48. The largest absolute Gasteiger partial charge is 0.314 e. The fraction of sp³-hybridized carbons (Fsp3) is 0.571. The third-order valence-corrected chi connectivity index (χ3v) is 2.80. The summed E-state index contributed by atoms with van der Waals surface area (Å²) in [5.41, 5.74) is 1.10. The molecule has 0 fully saturated rings. The first-order valence-electron chi connectivity index (χ1n) is 6.24. The highest BCUT2D eigenvalue weighted by molar-refractivity contribution is 5.16. The molecule has 0 aliphatic rings. The van der Waals surface area contributed by atoms with Crippen LogP contribution >= 0.6 is 0 Å². The van der Waals surface area contributed by atoms with Crippen molar-refractivity contribution in [3.05, 3.63) is 35.6 Å². The Bertz CT molecular complexity index is 293. The van der Waals surface area contributed by atoms with Gasteiger partial charge in [-0.1, -0.05) is 32.4 Å². The molecule has 90 valence electrons. The molecule has 1 nitrogen and oxygen atoms in total. The van der Waals surface area contributed by atoms with Gasteiger partial charge >= 0.3 is 0 Å². The number of benzene rings is 1. The highest BCUT2D eigenvalue weighted by atomic mass is 19.1. The summed E-state index contributed by atoms with van der Waals surface area (Å²) in [7, 11) is 0. The second kappa shape index (κ2) is 7.39. The molecule has 0 bridgehead atoms. The first kappa shape index (κ1) is 13.2. The molecule has 2 heteroatoms. The lowest BCUT2D eigenvalue weighted by molar-refractivity contribution is 0.459. The third-order valence-electron chi connectivity index (χ3n) is 2.80. The van der Waals surface area contributed by atoms with Crippen LogP contribution in [0.15, 0.2) is 24.3 Å². The zero-order chi connectivity index (χ0) is 11.8. The molecule has 0 aromatic heterocycles. The molecule has 1 aromatic carbocycles. The van der Waals surface area contributed by atoms with Gasteiger partial charge in [0.25, 0.3) is 0 Å². The van der Waals surface area contributed by atoms with Crippen LogP contribution in [0.5, 0.6) is 0 Å². The van der Waals surface area contributed by atoms with Gasteiger partial charge in [0.15, 0.2) is 0 Å². The Balaban J connectivity index is 2.41. The van der Waals surface area contributed by atoms with Crippen molar-refractivity contribution in [3.63, 3.8) is 0 Å². The van der Waals surface area contributed by atoms with Gasteiger partial charge in [0, 0.05) is 6.04 Å². The van der Waals surface area contributed by atoms with Gasteiger partial charge < -0.3 is 5.32 Å². The van der Waals surface area contributed by atoms with Crippen LogP contribution in [0.2, 0.25) is 0 Å². The summed E-state index contributed by atoms with van der Waals surface area (Å²) >= 11 is 0. The van der Waals surface area contributed by atoms with Crippen LogP contribution in [0.3, 0.4) is 0 Å². The summed E-state index contributed by atoms with van der Waals surface area (Å²) in [6.07, 6.45) is 4.44. The van der Waals surface area contributed by atoms with Gasteiger partial charge in [0.2, 0.25) is 0 Å². The van der Waals surface area contributed by atoms with Gasteiger partial charge in [-0.15, -0.1) is 0 Å². The minimum atomic E-state index is -0.131. The second-order valence-electron chi connectivity index (χ2n) is 4.21. The standard InChI is InChI=1S/C14H22FN/c1-3-6-14(16-4-2)10-9-12-7-5-8-13(15)11-12/h5,7-8,11,14,16H,3-4,6,9-10H2,1-2H3. The minimum absolute atomic E-state index is 0.131. The molecular formula is C14H22FN. The Kier molecular flexibility index (Phi) is 6.09. The zero-order valence-corrected chi connectivity index (χ0v) is 10.3. The summed E-state index contributed by atoms with van der Waals surface area (Å²) in [5, 5.41) is 3.47. The highest BCUT2D eigenvalue weighted by Gasteiger charge is 2.06. The maximum absolute atomic E-state index is 13.0. The summed E-state index contributed by atoms with van der Waals surface area (Å²) < 4.78 is 13.0. The van der Waals surface area contributed by atoms with Crippen molar-refractivity contribution in [2.24, 2.45) is 0 Å². The smallest absolute Gasteiger partial charge is 0.123 e. The molecule has 0 heterocycles. The number of aryl methyl sites for hydroxylation is 1.